The van der Waals surface area contributed by atoms with Crippen molar-refractivity contribution in [2.24, 2.45) is 0 Å². The summed E-state index contributed by atoms with van der Waals surface area (Å²) in [5, 5.41) is 0.277. The first-order valence-electron chi connectivity index (χ1n) is 6.39. The second-order valence-electron chi connectivity index (χ2n) is 4.40. The molecule has 0 aliphatic carbocycles. The van der Waals surface area contributed by atoms with Crippen molar-refractivity contribution >= 4 is 17.4 Å². The van der Waals surface area contributed by atoms with Crippen LogP contribution in [0.2, 0.25) is 5.02 Å². The minimum Gasteiger partial charge on any atom is -0.497 e. The van der Waals surface area contributed by atoms with E-state index in [1.165, 1.54) is 12.3 Å². The van der Waals surface area contributed by atoms with Gasteiger partial charge in [-0.1, -0.05) is 11.6 Å². The average molecular weight is 311 g/mol. The Morgan fingerprint density at radius 1 is 1.24 bits per heavy atom. The van der Waals surface area contributed by atoms with Gasteiger partial charge in [-0.05, 0) is 30.3 Å². The lowest BCUT2D eigenvalue weighted by molar-refractivity contribution is 0.324. The first-order valence-corrected chi connectivity index (χ1v) is 6.77. The highest BCUT2D eigenvalue weighted by Gasteiger charge is 2.09. The van der Waals surface area contributed by atoms with Gasteiger partial charge < -0.3 is 14.4 Å². The Hall–Kier alpha value is -2.01. The summed E-state index contributed by atoms with van der Waals surface area (Å²) in [6, 6.07) is 8.52. The van der Waals surface area contributed by atoms with E-state index < -0.39 is 5.82 Å². The zero-order chi connectivity index (χ0) is 15.2. The Labute approximate surface area is 128 Å². The molecule has 4 nitrogen and oxygen atoms in total. The van der Waals surface area contributed by atoms with E-state index >= 15 is 0 Å². The summed E-state index contributed by atoms with van der Waals surface area (Å²) in [6.45, 7) is 0.907. The van der Waals surface area contributed by atoms with Crippen LogP contribution in [0.4, 0.5) is 10.2 Å². The number of aromatic nitrogens is 1. The molecule has 0 fully saturated rings. The lowest BCUT2D eigenvalue weighted by Gasteiger charge is -2.19. The van der Waals surface area contributed by atoms with E-state index in [1.54, 1.807) is 19.1 Å². The number of ether oxygens (including phenoxy) is 2. The van der Waals surface area contributed by atoms with Crippen molar-refractivity contribution in [3.8, 4) is 11.5 Å². The maximum atomic E-state index is 13.7. The first-order chi connectivity index (χ1) is 10.1. The Balaban J connectivity index is 1.87. The van der Waals surface area contributed by atoms with Crippen LogP contribution in [-0.4, -0.2) is 32.3 Å². The Kier molecular flexibility index (Phi) is 5.22. The third-order valence-corrected chi connectivity index (χ3v) is 3.11. The number of rotatable bonds is 6. The smallest absolute Gasteiger partial charge is 0.167 e. The third-order valence-electron chi connectivity index (χ3n) is 2.90. The topological polar surface area (TPSA) is 34.6 Å². The first kappa shape index (κ1) is 15.4. The van der Waals surface area contributed by atoms with Crippen molar-refractivity contribution in [2.75, 3.05) is 32.2 Å². The van der Waals surface area contributed by atoms with E-state index in [4.69, 9.17) is 21.1 Å². The zero-order valence-corrected chi connectivity index (χ0v) is 12.6. The summed E-state index contributed by atoms with van der Waals surface area (Å²) in [6.07, 6.45) is 1.42. The molecule has 0 radical (unpaired) electrons. The number of anilines is 1. The molecule has 1 aromatic carbocycles. The maximum absolute atomic E-state index is 13.7. The molecule has 0 saturated carbocycles. The van der Waals surface area contributed by atoms with Gasteiger partial charge in [0, 0.05) is 13.2 Å². The van der Waals surface area contributed by atoms with Crippen LogP contribution in [0, 0.1) is 5.82 Å². The minimum absolute atomic E-state index is 0.248. The van der Waals surface area contributed by atoms with Gasteiger partial charge in [-0.3, -0.25) is 0 Å². The van der Waals surface area contributed by atoms with Gasteiger partial charge >= 0.3 is 0 Å². The lowest BCUT2D eigenvalue weighted by atomic mass is 10.3. The van der Waals surface area contributed by atoms with Gasteiger partial charge in [0.05, 0.1) is 18.7 Å². The molecule has 0 spiro atoms. The fraction of sp³-hybridized carbons (Fsp3) is 0.267. The Bertz CT molecular complexity index is 593. The molecular weight excluding hydrogens is 295 g/mol. The minimum atomic E-state index is -0.450. The summed E-state index contributed by atoms with van der Waals surface area (Å²) in [5.74, 6) is 1.30. The summed E-state index contributed by atoms with van der Waals surface area (Å²) < 4.78 is 24.3. The molecule has 21 heavy (non-hydrogen) atoms. The SMILES string of the molecule is COc1ccc(OCCN(C)c2ncc(Cl)cc2F)cc1. The second kappa shape index (κ2) is 7.13. The quantitative estimate of drug-likeness (QED) is 0.819. The van der Waals surface area contributed by atoms with Gasteiger partial charge in [-0.15, -0.1) is 0 Å². The number of nitrogens with zero attached hydrogens (tertiary/aromatic N) is 2. The molecule has 6 heteroatoms. The highest BCUT2D eigenvalue weighted by atomic mass is 35.5. The molecule has 0 bridgehead atoms. The van der Waals surface area contributed by atoms with Crippen LogP contribution in [0.25, 0.3) is 0 Å². The van der Waals surface area contributed by atoms with Crippen LogP contribution < -0.4 is 14.4 Å². The van der Waals surface area contributed by atoms with Crippen molar-refractivity contribution in [1.82, 2.24) is 4.98 Å². The number of hydrogen-bond donors (Lipinski definition) is 0. The van der Waals surface area contributed by atoms with E-state index in [0.717, 1.165) is 11.5 Å². The van der Waals surface area contributed by atoms with Crippen molar-refractivity contribution in [3.05, 3.63) is 47.4 Å². The molecule has 2 aromatic rings. The van der Waals surface area contributed by atoms with E-state index in [0.29, 0.717) is 13.2 Å². The molecule has 2 rings (SSSR count). The van der Waals surface area contributed by atoms with Crippen molar-refractivity contribution < 1.29 is 13.9 Å². The number of halogens is 2. The molecule has 0 aliphatic rings. The van der Waals surface area contributed by atoms with Crippen LogP contribution >= 0.6 is 11.6 Å². The lowest BCUT2D eigenvalue weighted by Crippen LogP contribution is -2.25. The molecule has 1 aromatic heterocycles. The highest BCUT2D eigenvalue weighted by Crippen LogP contribution is 2.19. The van der Waals surface area contributed by atoms with Crippen LogP contribution in [-0.2, 0) is 0 Å². The van der Waals surface area contributed by atoms with E-state index in [1.807, 2.05) is 24.3 Å². The molecule has 0 amide bonds. The van der Waals surface area contributed by atoms with E-state index in [9.17, 15) is 4.39 Å². The number of pyridine rings is 1. The van der Waals surface area contributed by atoms with E-state index in [-0.39, 0.29) is 10.8 Å². The van der Waals surface area contributed by atoms with Gasteiger partial charge in [-0.2, -0.15) is 0 Å². The molecule has 1 heterocycles. The Morgan fingerprint density at radius 2 is 1.90 bits per heavy atom. The second-order valence-corrected chi connectivity index (χ2v) is 4.84. The molecule has 0 atom stereocenters. The van der Waals surface area contributed by atoms with Crippen molar-refractivity contribution in [2.45, 2.75) is 0 Å². The van der Waals surface area contributed by atoms with Gasteiger partial charge in [-0.25, -0.2) is 9.37 Å². The summed E-state index contributed by atoms with van der Waals surface area (Å²) >= 11 is 5.67. The van der Waals surface area contributed by atoms with Crippen LogP contribution in [0.1, 0.15) is 0 Å². The zero-order valence-electron chi connectivity index (χ0n) is 11.8. The van der Waals surface area contributed by atoms with Gasteiger partial charge in [0.2, 0.25) is 0 Å². The van der Waals surface area contributed by atoms with Crippen LogP contribution in [0.5, 0.6) is 11.5 Å². The van der Waals surface area contributed by atoms with Crippen molar-refractivity contribution in [3.63, 3.8) is 0 Å². The predicted octanol–water partition coefficient (Wildman–Crippen LogP) is 3.40. The van der Waals surface area contributed by atoms with Crippen molar-refractivity contribution in [1.29, 1.82) is 0 Å². The molecule has 0 aliphatic heterocycles. The molecular formula is C15H16ClFN2O2. The fourth-order valence-corrected chi connectivity index (χ4v) is 1.91. The number of methoxy groups -OCH3 is 1. The molecule has 0 unspecified atom stereocenters. The standard InChI is InChI=1S/C15H16ClFN2O2/c1-19(15-14(17)9-11(16)10-18-15)7-8-21-13-5-3-12(20-2)4-6-13/h3-6,9-10H,7-8H2,1-2H3. The average Bonchev–Trinajstić information content (AvgIpc) is 2.47. The molecule has 0 saturated heterocycles. The Morgan fingerprint density at radius 3 is 2.52 bits per heavy atom. The predicted molar refractivity (Wildman–Crippen MR) is 81.0 cm³/mol. The highest BCUT2D eigenvalue weighted by molar-refractivity contribution is 6.30. The maximum Gasteiger partial charge on any atom is 0.167 e. The van der Waals surface area contributed by atoms with Gasteiger partial charge in [0.25, 0.3) is 0 Å². The third kappa shape index (κ3) is 4.23. The molecule has 0 N–H and O–H groups in total. The van der Waals surface area contributed by atoms with Gasteiger partial charge in [0.15, 0.2) is 11.6 Å². The summed E-state index contributed by atoms with van der Waals surface area (Å²) in [5.41, 5.74) is 0. The monoisotopic (exact) mass is 310 g/mol. The van der Waals surface area contributed by atoms with Gasteiger partial charge in [0.1, 0.15) is 18.1 Å². The number of benzene rings is 1. The largest absolute Gasteiger partial charge is 0.497 e. The number of likely N-dealkylation sites (N-methyl/N-ethyl adjacent to an activating group) is 1. The number of hydrogen-bond acceptors (Lipinski definition) is 4. The summed E-state index contributed by atoms with van der Waals surface area (Å²) in [4.78, 5) is 5.65. The molecule has 112 valence electrons. The summed E-state index contributed by atoms with van der Waals surface area (Å²) in [7, 11) is 3.36. The van der Waals surface area contributed by atoms with E-state index in [2.05, 4.69) is 4.98 Å². The van der Waals surface area contributed by atoms with Crippen LogP contribution in [0.15, 0.2) is 36.5 Å². The fourth-order valence-electron chi connectivity index (χ4n) is 1.77. The normalized spacial score (nSPS) is 10.3. The van der Waals surface area contributed by atoms with Crippen LogP contribution in [0.3, 0.4) is 0 Å².